The molecule has 5 rings (SSSR count). The molecule has 5 aromatic carbocycles. The maximum atomic E-state index is 14.2. The Morgan fingerprint density at radius 1 is 0.544 bits per heavy atom. The Bertz CT molecular complexity index is 1790. The Morgan fingerprint density at radius 2 is 0.947 bits per heavy atom. The normalized spacial score (nSPS) is 13.1. The van der Waals surface area contributed by atoms with E-state index in [9.17, 15) is 9.90 Å². The van der Waals surface area contributed by atoms with Crippen molar-refractivity contribution in [3.63, 3.8) is 0 Å². The molecule has 0 aliphatic rings. The fourth-order valence-corrected chi connectivity index (χ4v) is 6.08. The van der Waals surface area contributed by atoms with Crippen molar-refractivity contribution in [2.24, 2.45) is 0 Å². The Morgan fingerprint density at radius 3 is 1.37 bits per heavy atom. The molecule has 2 N–H and O–H groups in total. The lowest BCUT2D eigenvalue weighted by Gasteiger charge is -2.42. The number of hydrogen-bond donors (Lipinski definition) is 2. The van der Waals surface area contributed by atoms with Gasteiger partial charge in [-0.3, -0.25) is 4.79 Å². The molecule has 11 heteroatoms. The van der Waals surface area contributed by atoms with E-state index in [-0.39, 0.29) is 53.0 Å². The molecule has 0 aromatic heterocycles. The number of aliphatic hydroxyl groups is 1. The second-order valence-corrected chi connectivity index (χ2v) is 13.5. The zero-order valence-electron chi connectivity index (χ0n) is 32.8. The Hall–Kier alpha value is -5.11. The summed E-state index contributed by atoms with van der Waals surface area (Å²) in [6.45, 7) is -0.0408. The van der Waals surface area contributed by atoms with E-state index in [0.29, 0.717) is 11.5 Å². The van der Waals surface area contributed by atoms with Crippen LogP contribution in [0.3, 0.4) is 0 Å². The highest BCUT2D eigenvalue weighted by Gasteiger charge is 2.49. The summed E-state index contributed by atoms with van der Waals surface area (Å²) in [6, 6.07) is 43.6. The van der Waals surface area contributed by atoms with Crippen molar-refractivity contribution < 1.29 is 47.8 Å². The van der Waals surface area contributed by atoms with E-state index in [2.05, 4.69) is 5.32 Å². The van der Waals surface area contributed by atoms with Crippen LogP contribution in [-0.2, 0) is 66.3 Å². The maximum absolute atomic E-state index is 14.2. The van der Waals surface area contributed by atoms with Crippen LogP contribution in [0.2, 0.25) is 0 Å². The lowest BCUT2D eigenvalue weighted by atomic mass is 9.90. The van der Waals surface area contributed by atoms with E-state index in [4.69, 9.17) is 37.9 Å². The second-order valence-electron chi connectivity index (χ2n) is 13.5. The number of carbonyl (C=O) groups excluding carboxylic acids is 1. The van der Waals surface area contributed by atoms with Gasteiger partial charge in [-0.2, -0.15) is 0 Å². The van der Waals surface area contributed by atoms with Crippen LogP contribution in [0.1, 0.15) is 27.8 Å². The molecule has 0 unspecified atom stereocenters. The molecule has 0 aliphatic heterocycles. The zero-order valence-corrected chi connectivity index (χ0v) is 32.8. The number of methoxy groups -OCH3 is 3. The van der Waals surface area contributed by atoms with Crippen LogP contribution >= 0.6 is 0 Å². The van der Waals surface area contributed by atoms with E-state index < -0.39 is 29.8 Å². The number of amides is 1. The van der Waals surface area contributed by atoms with Gasteiger partial charge in [-0.05, 0) is 52.1 Å². The average molecular weight is 780 g/mol. The Kier molecular flexibility index (Phi) is 17.5. The van der Waals surface area contributed by atoms with E-state index in [0.717, 1.165) is 27.8 Å². The van der Waals surface area contributed by atoms with Crippen molar-refractivity contribution in [2.45, 2.75) is 56.9 Å². The molecule has 57 heavy (non-hydrogen) atoms. The molecule has 0 fully saturated rings. The topological polar surface area (TPSA) is 123 Å². The summed E-state index contributed by atoms with van der Waals surface area (Å²) in [5.41, 5.74) is 2.35. The minimum atomic E-state index is -1.90. The molecule has 5 aromatic rings. The summed E-state index contributed by atoms with van der Waals surface area (Å²) >= 11 is 0. The smallest absolute Gasteiger partial charge is 0.253 e. The minimum absolute atomic E-state index is 0.0705. The maximum Gasteiger partial charge on any atom is 0.253 e. The molecule has 0 aliphatic carbocycles. The third-order valence-electron chi connectivity index (χ3n) is 9.17. The molecule has 0 saturated heterocycles. The van der Waals surface area contributed by atoms with Crippen LogP contribution < -0.4 is 14.8 Å². The van der Waals surface area contributed by atoms with Crippen LogP contribution in [0.15, 0.2) is 140 Å². The first kappa shape index (κ1) is 43.0. The fourth-order valence-electron chi connectivity index (χ4n) is 6.08. The summed E-state index contributed by atoms with van der Waals surface area (Å²) in [7, 11) is 4.69. The first-order chi connectivity index (χ1) is 27.9. The van der Waals surface area contributed by atoms with Crippen LogP contribution in [0.25, 0.3) is 0 Å². The SMILES string of the molecule is COCNC(=O)[C@H](OCc1ccccc1)[C@@H](OCc1ccccc1)[C@H](OCc1ccccc1)C(O)(COCc1ccc(OC)cc1)COCc1ccc(OC)cc1. The fraction of sp³-hybridized carbons (Fsp3) is 0.326. The third kappa shape index (κ3) is 13.8. The van der Waals surface area contributed by atoms with Gasteiger partial charge < -0.3 is 48.3 Å². The number of hydrogen-bond acceptors (Lipinski definition) is 10. The number of nitrogens with one attached hydrogen (secondary N) is 1. The third-order valence-corrected chi connectivity index (χ3v) is 9.17. The Balaban J connectivity index is 1.54. The minimum Gasteiger partial charge on any atom is -0.497 e. The van der Waals surface area contributed by atoms with Gasteiger partial charge in [-0.1, -0.05) is 115 Å². The molecule has 0 spiro atoms. The van der Waals surface area contributed by atoms with Crippen molar-refractivity contribution in [1.29, 1.82) is 0 Å². The van der Waals surface area contributed by atoms with Crippen molar-refractivity contribution >= 4 is 5.91 Å². The Labute approximate surface area is 335 Å². The van der Waals surface area contributed by atoms with Gasteiger partial charge in [0, 0.05) is 7.11 Å². The van der Waals surface area contributed by atoms with Gasteiger partial charge in [0.2, 0.25) is 0 Å². The van der Waals surface area contributed by atoms with Gasteiger partial charge in [0.15, 0.2) is 6.10 Å². The van der Waals surface area contributed by atoms with Crippen LogP contribution in [-0.4, -0.2) is 76.2 Å². The van der Waals surface area contributed by atoms with Crippen LogP contribution in [0.5, 0.6) is 11.5 Å². The monoisotopic (exact) mass is 779 g/mol. The van der Waals surface area contributed by atoms with E-state index in [1.807, 2.05) is 140 Å². The van der Waals surface area contributed by atoms with Gasteiger partial charge in [-0.25, -0.2) is 0 Å². The lowest BCUT2D eigenvalue weighted by Crippen LogP contribution is -2.62. The molecular weight excluding hydrogens is 727 g/mol. The van der Waals surface area contributed by atoms with Gasteiger partial charge in [-0.15, -0.1) is 0 Å². The second kappa shape index (κ2) is 23.2. The molecule has 0 saturated carbocycles. The van der Waals surface area contributed by atoms with E-state index >= 15 is 0 Å². The lowest BCUT2D eigenvalue weighted by molar-refractivity contribution is -0.236. The summed E-state index contributed by atoms with van der Waals surface area (Å²) in [5, 5.41) is 15.8. The van der Waals surface area contributed by atoms with Crippen molar-refractivity contribution in [2.75, 3.05) is 41.3 Å². The van der Waals surface area contributed by atoms with E-state index in [1.54, 1.807) is 14.2 Å². The highest BCUT2D eigenvalue weighted by atomic mass is 16.6. The first-order valence-electron chi connectivity index (χ1n) is 18.8. The number of rotatable bonds is 25. The molecule has 3 atom stereocenters. The highest BCUT2D eigenvalue weighted by molar-refractivity contribution is 5.81. The molecule has 302 valence electrons. The standard InChI is InChI=1S/C46H53NO10/c1-50-34-47-45(48)43(56-30-36-15-9-5-10-16-36)42(55-29-35-13-7-4-8-14-35)44(57-31-37-17-11-6-12-18-37)46(49,32-53-27-38-19-23-40(51-2)24-20-38)33-54-28-39-21-25-41(52-3)26-22-39/h4-26,42-44,49H,27-34H2,1-3H3,(H,47,48)/t42-,43-,44+/m1/s1. The largest absolute Gasteiger partial charge is 0.497 e. The predicted molar refractivity (Wildman–Crippen MR) is 215 cm³/mol. The summed E-state index contributed by atoms with van der Waals surface area (Å²) in [5.74, 6) is 0.909. The van der Waals surface area contributed by atoms with Crippen LogP contribution in [0, 0.1) is 0 Å². The summed E-state index contributed by atoms with van der Waals surface area (Å²) < 4.78 is 48.4. The summed E-state index contributed by atoms with van der Waals surface area (Å²) in [4.78, 5) is 14.2. The molecule has 1 amide bonds. The molecule has 0 bridgehead atoms. The predicted octanol–water partition coefficient (Wildman–Crippen LogP) is 6.64. The number of ether oxygens (including phenoxy) is 8. The van der Waals surface area contributed by atoms with Gasteiger partial charge in [0.05, 0.1) is 60.5 Å². The number of carbonyl (C=O) groups is 1. The van der Waals surface area contributed by atoms with Gasteiger partial charge in [0.25, 0.3) is 5.91 Å². The molecular formula is C46H53NO10. The van der Waals surface area contributed by atoms with E-state index in [1.165, 1.54) is 7.11 Å². The summed E-state index contributed by atoms with van der Waals surface area (Å²) in [6.07, 6.45) is -3.74. The zero-order chi connectivity index (χ0) is 40.1. The molecule has 0 radical (unpaired) electrons. The molecule has 0 heterocycles. The van der Waals surface area contributed by atoms with Crippen molar-refractivity contribution in [3.8, 4) is 11.5 Å². The first-order valence-corrected chi connectivity index (χ1v) is 18.8. The average Bonchev–Trinajstić information content (AvgIpc) is 3.26. The van der Waals surface area contributed by atoms with Crippen molar-refractivity contribution in [1.82, 2.24) is 5.32 Å². The quantitative estimate of drug-likeness (QED) is 0.0624. The number of benzene rings is 5. The van der Waals surface area contributed by atoms with Gasteiger partial charge in [0.1, 0.15) is 36.0 Å². The highest BCUT2D eigenvalue weighted by Crippen LogP contribution is 2.29. The van der Waals surface area contributed by atoms with Crippen LogP contribution in [0.4, 0.5) is 0 Å². The van der Waals surface area contributed by atoms with Crippen molar-refractivity contribution in [3.05, 3.63) is 167 Å². The van der Waals surface area contributed by atoms with Gasteiger partial charge >= 0.3 is 0 Å². The molecule has 11 nitrogen and oxygen atoms in total.